The highest BCUT2D eigenvalue weighted by Gasteiger charge is 2.12. The Hall–Kier alpha value is -3.66. The van der Waals surface area contributed by atoms with Crippen LogP contribution in [0.5, 0.6) is 0 Å². The van der Waals surface area contributed by atoms with Crippen molar-refractivity contribution < 1.29 is 4.79 Å². The summed E-state index contributed by atoms with van der Waals surface area (Å²) < 4.78 is 0. The Bertz CT molecular complexity index is 1050. The van der Waals surface area contributed by atoms with Gasteiger partial charge >= 0.3 is 0 Å². The average Bonchev–Trinajstić information content (AvgIpc) is 3.25. The number of hydrogen-bond donors (Lipinski definition) is 2. The Morgan fingerprint density at radius 1 is 0.857 bits per heavy atom. The van der Waals surface area contributed by atoms with Crippen LogP contribution in [0.3, 0.4) is 0 Å². The van der Waals surface area contributed by atoms with E-state index in [4.69, 9.17) is 0 Å². The van der Waals surface area contributed by atoms with Crippen molar-refractivity contribution in [2.75, 3.05) is 0 Å². The molecule has 0 unspecified atom stereocenters. The molecule has 138 valence electrons. The van der Waals surface area contributed by atoms with E-state index in [2.05, 4.69) is 15.5 Å². The minimum Gasteiger partial charge on any atom is -0.346 e. The summed E-state index contributed by atoms with van der Waals surface area (Å²) >= 11 is 0. The molecule has 4 heteroatoms. The summed E-state index contributed by atoms with van der Waals surface area (Å²) in [6.07, 6.45) is 0. The topological polar surface area (TPSA) is 57.8 Å². The molecule has 1 aromatic heterocycles. The molecule has 0 bridgehead atoms. The molecule has 3 aromatic carbocycles. The normalized spacial score (nSPS) is 11.8. The van der Waals surface area contributed by atoms with Crippen LogP contribution in [0.4, 0.5) is 0 Å². The van der Waals surface area contributed by atoms with Crippen LogP contribution in [0.2, 0.25) is 0 Å². The SMILES string of the molecule is C[C@H](NC(=O)c1ccc(-c2cc(-c3ccccc3)n[nH]2)cc1)c1ccccc1. The molecule has 1 atom stereocenters. The predicted octanol–water partition coefficient (Wildman–Crippen LogP) is 5.23. The van der Waals surface area contributed by atoms with Gasteiger partial charge in [0.25, 0.3) is 5.91 Å². The van der Waals surface area contributed by atoms with E-state index in [0.29, 0.717) is 5.56 Å². The van der Waals surface area contributed by atoms with Crippen molar-refractivity contribution in [3.8, 4) is 22.5 Å². The molecule has 0 radical (unpaired) electrons. The summed E-state index contributed by atoms with van der Waals surface area (Å²) in [5.74, 6) is -0.0857. The summed E-state index contributed by atoms with van der Waals surface area (Å²) in [7, 11) is 0. The molecule has 28 heavy (non-hydrogen) atoms. The molecule has 1 heterocycles. The Labute approximate surface area is 164 Å². The first-order valence-corrected chi connectivity index (χ1v) is 9.28. The number of aromatic amines is 1. The number of aromatic nitrogens is 2. The van der Waals surface area contributed by atoms with Gasteiger partial charge in [-0.3, -0.25) is 9.89 Å². The monoisotopic (exact) mass is 367 g/mol. The number of H-pyrrole nitrogens is 1. The molecule has 4 aromatic rings. The predicted molar refractivity (Wildman–Crippen MR) is 112 cm³/mol. The highest BCUT2D eigenvalue weighted by molar-refractivity contribution is 5.94. The molecule has 2 N–H and O–H groups in total. The number of benzene rings is 3. The van der Waals surface area contributed by atoms with Gasteiger partial charge in [-0.15, -0.1) is 0 Å². The van der Waals surface area contributed by atoms with E-state index >= 15 is 0 Å². The number of hydrogen-bond acceptors (Lipinski definition) is 2. The second kappa shape index (κ2) is 7.92. The number of nitrogens with one attached hydrogen (secondary N) is 2. The van der Waals surface area contributed by atoms with Crippen molar-refractivity contribution in [1.82, 2.24) is 15.5 Å². The smallest absolute Gasteiger partial charge is 0.251 e. The Morgan fingerprint density at radius 2 is 1.50 bits per heavy atom. The molecule has 0 aliphatic carbocycles. The zero-order valence-electron chi connectivity index (χ0n) is 15.6. The lowest BCUT2D eigenvalue weighted by atomic mass is 10.1. The molecule has 0 saturated heterocycles. The number of rotatable bonds is 5. The van der Waals surface area contributed by atoms with Crippen molar-refractivity contribution in [2.45, 2.75) is 13.0 Å². The van der Waals surface area contributed by atoms with Gasteiger partial charge in [0.2, 0.25) is 0 Å². The van der Waals surface area contributed by atoms with Crippen LogP contribution in [0.15, 0.2) is 91.0 Å². The molecular formula is C24H21N3O. The van der Waals surface area contributed by atoms with Crippen molar-refractivity contribution in [1.29, 1.82) is 0 Å². The average molecular weight is 367 g/mol. The molecule has 0 aliphatic rings. The largest absolute Gasteiger partial charge is 0.346 e. The fourth-order valence-corrected chi connectivity index (χ4v) is 3.13. The van der Waals surface area contributed by atoms with Gasteiger partial charge < -0.3 is 5.32 Å². The molecule has 0 aliphatic heterocycles. The fourth-order valence-electron chi connectivity index (χ4n) is 3.13. The minimum atomic E-state index is -0.0857. The van der Waals surface area contributed by atoms with Gasteiger partial charge in [0.05, 0.1) is 17.4 Å². The highest BCUT2D eigenvalue weighted by atomic mass is 16.1. The first-order chi connectivity index (χ1) is 13.7. The lowest BCUT2D eigenvalue weighted by molar-refractivity contribution is 0.0940. The zero-order valence-corrected chi connectivity index (χ0v) is 15.6. The Morgan fingerprint density at radius 3 is 2.18 bits per heavy atom. The molecule has 0 fully saturated rings. The maximum absolute atomic E-state index is 12.5. The highest BCUT2D eigenvalue weighted by Crippen LogP contribution is 2.24. The number of amides is 1. The molecule has 0 saturated carbocycles. The number of nitrogens with zero attached hydrogens (tertiary/aromatic N) is 1. The third kappa shape index (κ3) is 3.86. The van der Waals surface area contributed by atoms with Crippen molar-refractivity contribution in [2.24, 2.45) is 0 Å². The molecule has 4 nitrogen and oxygen atoms in total. The summed E-state index contributed by atoms with van der Waals surface area (Å²) in [6.45, 7) is 1.98. The van der Waals surface area contributed by atoms with Gasteiger partial charge in [0.15, 0.2) is 0 Å². The molecule has 1 amide bonds. The second-order valence-corrected chi connectivity index (χ2v) is 6.72. The first-order valence-electron chi connectivity index (χ1n) is 9.28. The molecule has 0 spiro atoms. The quantitative estimate of drug-likeness (QED) is 0.507. The van der Waals surface area contributed by atoms with E-state index < -0.39 is 0 Å². The summed E-state index contributed by atoms with van der Waals surface area (Å²) in [6, 6.07) is 29.5. The summed E-state index contributed by atoms with van der Waals surface area (Å²) in [5.41, 5.74) is 5.59. The third-order valence-electron chi connectivity index (χ3n) is 4.75. The van der Waals surface area contributed by atoms with Crippen LogP contribution < -0.4 is 5.32 Å². The molecular weight excluding hydrogens is 346 g/mol. The maximum Gasteiger partial charge on any atom is 0.251 e. The van der Waals surface area contributed by atoms with Gasteiger partial charge in [0.1, 0.15) is 0 Å². The first kappa shape index (κ1) is 17.7. The van der Waals surface area contributed by atoms with Crippen molar-refractivity contribution >= 4 is 5.91 Å². The lowest BCUT2D eigenvalue weighted by Gasteiger charge is -2.14. The van der Waals surface area contributed by atoms with E-state index in [1.54, 1.807) is 0 Å². The van der Waals surface area contributed by atoms with Crippen molar-refractivity contribution in [3.05, 3.63) is 102 Å². The van der Waals surface area contributed by atoms with Gasteiger partial charge in [-0.1, -0.05) is 72.8 Å². The van der Waals surface area contributed by atoms with E-state index in [0.717, 1.165) is 28.1 Å². The Kier molecular flexibility index (Phi) is 5.02. The summed E-state index contributed by atoms with van der Waals surface area (Å²) in [5, 5.41) is 10.5. The van der Waals surface area contributed by atoms with Crippen LogP contribution >= 0.6 is 0 Å². The van der Waals surface area contributed by atoms with Crippen LogP contribution in [0.25, 0.3) is 22.5 Å². The minimum absolute atomic E-state index is 0.0468. The second-order valence-electron chi connectivity index (χ2n) is 6.72. The van der Waals surface area contributed by atoms with Gasteiger partial charge in [0, 0.05) is 11.1 Å². The van der Waals surface area contributed by atoms with Gasteiger partial charge in [-0.05, 0) is 36.2 Å². The van der Waals surface area contributed by atoms with Crippen LogP contribution in [0, 0.1) is 0 Å². The molecule has 4 rings (SSSR count). The standard InChI is InChI=1S/C24H21N3O/c1-17(18-8-4-2-5-9-18)25-24(28)21-14-12-20(13-15-21)23-16-22(26-27-23)19-10-6-3-7-11-19/h2-17H,1H3,(H,25,28)(H,26,27)/t17-/m0/s1. The number of carbonyl (C=O) groups excluding carboxylic acids is 1. The number of carbonyl (C=O) groups is 1. The van der Waals surface area contributed by atoms with E-state index in [1.807, 2.05) is 97.9 Å². The summed E-state index contributed by atoms with van der Waals surface area (Å²) in [4.78, 5) is 12.5. The van der Waals surface area contributed by atoms with Crippen molar-refractivity contribution in [3.63, 3.8) is 0 Å². The van der Waals surface area contributed by atoms with Gasteiger partial charge in [-0.2, -0.15) is 5.10 Å². The Balaban J connectivity index is 1.47. The lowest BCUT2D eigenvalue weighted by Crippen LogP contribution is -2.26. The van der Waals surface area contributed by atoms with E-state index in [9.17, 15) is 4.79 Å². The van der Waals surface area contributed by atoms with Crippen LogP contribution in [-0.2, 0) is 0 Å². The van der Waals surface area contributed by atoms with E-state index in [1.165, 1.54) is 0 Å². The van der Waals surface area contributed by atoms with Gasteiger partial charge in [-0.25, -0.2) is 0 Å². The fraction of sp³-hybridized carbons (Fsp3) is 0.0833. The third-order valence-corrected chi connectivity index (χ3v) is 4.75. The van der Waals surface area contributed by atoms with E-state index in [-0.39, 0.29) is 11.9 Å². The van der Waals surface area contributed by atoms with Crippen LogP contribution in [0.1, 0.15) is 28.9 Å². The zero-order chi connectivity index (χ0) is 19.3. The van der Waals surface area contributed by atoms with Crippen LogP contribution in [-0.4, -0.2) is 16.1 Å². The maximum atomic E-state index is 12.5.